The van der Waals surface area contributed by atoms with Crippen LogP contribution in [0.1, 0.15) is 44.5 Å². The maximum absolute atomic E-state index is 12.5. The van der Waals surface area contributed by atoms with Crippen LogP contribution in [0.25, 0.3) is 0 Å². The molecule has 0 spiro atoms. The van der Waals surface area contributed by atoms with Gasteiger partial charge >= 0.3 is 5.97 Å². The lowest BCUT2D eigenvalue weighted by molar-refractivity contribution is 0.00132. The van der Waals surface area contributed by atoms with Gasteiger partial charge in [0.25, 0.3) is 0 Å². The number of phenols is 1. The smallest absolute Gasteiger partial charge is 0.342 e. The van der Waals surface area contributed by atoms with Crippen molar-refractivity contribution in [3.8, 4) is 5.75 Å². The number of benzene rings is 1. The summed E-state index contributed by atoms with van der Waals surface area (Å²) >= 11 is 4.15. The van der Waals surface area contributed by atoms with E-state index < -0.39 is 5.97 Å². The molecule has 1 aliphatic rings. The molecule has 0 aliphatic carbocycles. The van der Waals surface area contributed by atoms with Gasteiger partial charge in [-0.15, -0.1) is 0 Å². The van der Waals surface area contributed by atoms with Gasteiger partial charge in [0.2, 0.25) is 0 Å². The van der Waals surface area contributed by atoms with Crippen molar-refractivity contribution < 1.29 is 14.6 Å². The van der Waals surface area contributed by atoms with Crippen molar-refractivity contribution >= 4 is 51.2 Å². The minimum absolute atomic E-state index is 0.00515. The number of hydrogen-bond donors (Lipinski definition) is 1. The molecule has 1 unspecified atom stereocenters. The molecule has 1 N–H and O–H groups in total. The second-order valence-corrected chi connectivity index (χ2v) is 9.31. The molecule has 0 saturated carbocycles. The number of likely N-dealkylation sites (N-methyl/N-ethyl adjacent to an activating group) is 1. The Morgan fingerprint density at radius 3 is 2.41 bits per heavy atom. The number of rotatable bonds is 2. The number of aromatic hydroxyl groups is 1. The Hall–Kier alpha value is -0.0900. The fourth-order valence-corrected chi connectivity index (χ4v) is 4.78. The van der Waals surface area contributed by atoms with Crippen LogP contribution in [0.3, 0.4) is 0 Å². The zero-order chi connectivity index (χ0) is 16.9. The molecule has 22 heavy (non-hydrogen) atoms. The molecule has 1 saturated heterocycles. The lowest BCUT2D eigenvalue weighted by atomic mass is 9.97. The number of phenolic OH excluding ortho intramolecular Hbond substituents is 1. The van der Waals surface area contributed by atoms with E-state index in [2.05, 4.69) is 62.2 Å². The summed E-state index contributed by atoms with van der Waals surface area (Å²) < 4.78 is 7.31. The van der Waals surface area contributed by atoms with E-state index >= 15 is 0 Å². The molecular formula is C16H21I2NO3. The molecule has 0 amide bonds. The molecule has 1 heterocycles. The van der Waals surface area contributed by atoms with E-state index in [1.165, 1.54) is 0 Å². The topological polar surface area (TPSA) is 49.8 Å². The third-order valence-electron chi connectivity index (χ3n) is 4.74. The van der Waals surface area contributed by atoms with Crippen LogP contribution in [0.4, 0.5) is 0 Å². The third-order valence-corrected chi connectivity index (χ3v) is 6.19. The summed E-state index contributed by atoms with van der Waals surface area (Å²) in [7, 11) is 2.06. The molecule has 4 nitrogen and oxygen atoms in total. The maximum atomic E-state index is 12.5. The first-order valence-corrected chi connectivity index (χ1v) is 9.25. The van der Waals surface area contributed by atoms with Gasteiger partial charge in [0.05, 0.1) is 9.11 Å². The fraction of sp³-hybridized carbons (Fsp3) is 0.562. The number of likely N-dealkylation sites (tertiary alicyclic amines) is 1. The van der Waals surface area contributed by atoms with Crippen LogP contribution >= 0.6 is 45.2 Å². The number of hydrogen-bond acceptors (Lipinski definition) is 4. The Kier molecular flexibility index (Phi) is 5.05. The highest BCUT2D eigenvalue weighted by Crippen LogP contribution is 2.41. The third kappa shape index (κ3) is 3.24. The highest BCUT2D eigenvalue weighted by atomic mass is 127. The normalized spacial score (nSPS) is 23.5. The van der Waals surface area contributed by atoms with Crippen LogP contribution in [0.5, 0.6) is 5.75 Å². The molecular weight excluding hydrogens is 508 g/mol. The first kappa shape index (κ1) is 18.3. The molecule has 1 aromatic rings. The largest absolute Gasteiger partial charge is 0.506 e. The van der Waals surface area contributed by atoms with Gasteiger partial charge in [-0.05, 0) is 92.1 Å². The molecule has 2 rings (SSSR count). The van der Waals surface area contributed by atoms with Crippen molar-refractivity contribution in [3.05, 3.63) is 24.8 Å². The molecule has 6 heteroatoms. The van der Waals surface area contributed by atoms with Gasteiger partial charge in [-0.1, -0.05) is 0 Å². The Morgan fingerprint density at radius 1 is 1.32 bits per heavy atom. The SMILES string of the molecule is CN1C(C)(C)CC(OC(=O)c2cc(I)cc(I)c2O)C1(C)C. The van der Waals surface area contributed by atoms with Crippen molar-refractivity contribution in [2.45, 2.75) is 51.3 Å². The zero-order valence-electron chi connectivity index (χ0n) is 13.4. The Balaban J connectivity index is 2.27. The summed E-state index contributed by atoms with van der Waals surface area (Å²) in [5.74, 6) is -0.465. The molecule has 1 aliphatic heterocycles. The molecule has 1 aromatic carbocycles. The first-order chi connectivity index (χ1) is 9.96. The molecule has 1 atom stereocenters. The highest BCUT2D eigenvalue weighted by Gasteiger charge is 2.51. The van der Waals surface area contributed by atoms with Gasteiger partial charge in [0.1, 0.15) is 17.4 Å². The molecule has 0 aromatic heterocycles. The van der Waals surface area contributed by atoms with E-state index in [1.54, 1.807) is 6.07 Å². The van der Waals surface area contributed by atoms with E-state index in [4.69, 9.17) is 4.74 Å². The number of esters is 1. The maximum Gasteiger partial charge on any atom is 0.342 e. The van der Waals surface area contributed by atoms with E-state index in [1.807, 2.05) is 28.7 Å². The zero-order valence-corrected chi connectivity index (χ0v) is 17.7. The number of carbonyl (C=O) groups is 1. The second kappa shape index (κ2) is 6.08. The molecule has 1 fully saturated rings. The average molecular weight is 529 g/mol. The molecule has 122 valence electrons. The number of carbonyl (C=O) groups excluding carboxylic acids is 1. The second-order valence-electron chi connectivity index (χ2n) is 6.91. The summed E-state index contributed by atoms with van der Waals surface area (Å²) in [6.07, 6.45) is 0.555. The predicted molar refractivity (Wildman–Crippen MR) is 103 cm³/mol. The predicted octanol–water partition coefficient (Wildman–Crippen LogP) is 4.02. The summed E-state index contributed by atoms with van der Waals surface area (Å²) in [4.78, 5) is 14.8. The van der Waals surface area contributed by atoms with E-state index in [0.29, 0.717) is 3.57 Å². The highest BCUT2D eigenvalue weighted by molar-refractivity contribution is 14.1. The van der Waals surface area contributed by atoms with Crippen molar-refractivity contribution in [3.63, 3.8) is 0 Å². The van der Waals surface area contributed by atoms with Gasteiger partial charge in [-0.2, -0.15) is 0 Å². The quantitative estimate of drug-likeness (QED) is 0.465. The van der Waals surface area contributed by atoms with Gasteiger partial charge < -0.3 is 9.84 Å². The summed E-state index contributed by atoms with van der Waals surface area (Å²) in [6.45, 7) is 8.46. The number of ether oxygens (including phenoxy) is 1. The molecule has 0 radical (unpaired) electrons. The van der Waals surface area contributed by atoms with Gasteiger partial charge in [-0.3, -0.25) is 4.90 Å². The Labute approximate surface area is 158 Å². The lowest BCUT2D eigenvalue weighted by Crippen LogP contribution is -2.48. The standard InChI is InChI=1S/C16H21I2NO3/c1-15(2)8-12(16(3,4)19(15)5)22-14(21)10-6-9(17)7-11(18)13(10)20/h6-7,12,20H,8H2,1-5H3. The average Bonchev–Trinajstić information content (AvgIpc) is 2.54. The monoisotopic (exact) mass is 529 g/mol. The lowest BCUT2D eigenvalue weighted by Gasteiger charge is -2.37. The van der Waals surface area contributed by atoms with Crippen molar-refractivity contribution in [1.29, 1.82) is 0 Å². The summed E-state index contributed by atoms with van der Waals surface area (Å²) in [5.41, 5.74) is -0.0423. The van der Waals surface area contributed by atoms with Crippen LogP contribution in [0.15, 0.2) is 12.1 Å². The van der Waals surface area contributed by atoms with Gasteiger partial charge in [-0.25, -0.2) is 4.79 Å². The van der Waals surface area contributed by atoms with Crippen molar-refractivity contribution in [1.82, 2.24) is 4.90 Å². The minimum Gasteiger partial charge on any atom is -0.506 e. The summed E-state index contributed by atoms with van der Waals surface area (Å²) in [6, 6.07) is 3.49. The molecule has 0 bridgehead atoms. The van der Waals surface area contributed by atoms with E-state index in [9.17, 15) is 9.90 Å². The van der Waals surface area contributed by atoms with E-state index in [0.717, 1.165) is 9.99 Å². The van der Waals surface area contributed by atoms with Crippen LogP contribution in [0, 0.1) is 7.14 Å². The van der Waals surface area contributed by atoms with Crippen LogP contribution in [0.2, 0.25) is 0 Å². The van der Waals surface area contributed by atoms with E-state index in [-0.39, 0.29) is 28.5 Å². The number of halogens is 2. The van der Waals surface area contributed by atoms with Crippen molar-refractivity contribution in [2.24, 2.45) is 0 Å². The Bertz CT molecular complexity index is 614. The van der Waals surface area contributed by atoms with Gasteiger partial charge in [0, 0.05) is 15.5 Å². The number of nitrogens with zero attached hydrogens (tertiary/aromatic N) is 1. The summed E-state index contributed by atoms with van der Waals surface area (Å²) in [5, 5.41) is 10.1. The van der Waals surface area contributed by atoms with Crippen molar-refractivity contribution in [2.75, 3.05) is 7.05 Å². The fourth-order valence-electron chi connectivity index (χ4n) is 2.94. The van der Waals surface area contributed by atoms with Crippen LogP contribution < -0.4 is 0 Å². The Morgan fingerprint density at radius 2 is 1.91 bits per heavy atom. The van der Waals surface area contributed by atoms with Crippen LogP contribution in [-0.2, 0) is 4.74 Å². The first-order valence-electron chi connectivity index (χ1n) is 7.10. The minimum atomic E-state index is -0.460. The van der Waals surface area contributed by atoms with Crippen LogP contribution in [-0.4, -0.2) is 40.2 Å². The van der Waals surface area contributed by atoms with Gasteiger partial charge in [0.15, 0.2) is 0 Å².